The monoisotopic (exact) mass is 970 g/mol. The van der Waals surface area contributed by atoms with Crippen molar-refractivity contribution in [1.82, 2.24) is 0 Å². The van der Waals surface area contributed by atoms with Crippen LogP contribution >= 0.6 is 0 Å². The first kappa shape index (κ1) is 51.5. The molecule has 0 aromatic heterocycles. The first-order valence-corrected chi connectivity index (χ1v) is 21.0. The highest BCUT2D eigenvalue weighted by Crippen LogP contribution is 2.42. The lowest BCUT2D eigenvalue weighted by Gasteiger charge is -2.45. The molecule has 2 fully saturated rings. The van der Waals surface area contributed by atoms with Crippen molar-refractivity contribution in [2.24, 2.45) is 0 Å². The Morgan fingerprint density at radius 3 is 2.03 bits per heavy atom. The lowest BCUT2D eigenvalue weighted by Crippen LogP contribution is -2.64. The van der Waals surface area contributed by atoms with Crippen LogP contribution in [0, 0.1) is 0 Å². The molecule has 0 radical (unpaired) electrons. The normalized spacial score (nSPS) is 24.6. The van der Waals surface area contributed by atoms with Gasteiger partial charge in [-0.3, -0.25) is 4.79 Å². The Hall–Kier alpha value is -6.93. The van der Waals surface area contributed by atoms with Crippen molar-refractivity contribution in [1.29, 1.82) is 0 Å². The maximum atomic E-state index is 13.6. The highest BCUT2D eigenvalue weighted by molar-refractivity contribution is 5.87. The number of hydrogen-bond acceptors (Lipinski definition) is 22. The van der Waals surface area contributed by atoms with Gasteiger partial charge < -0.3 is 99.9 Å². The molecule has 23 nitrogen and oxygen atoms in total. The molecule has 0 amide bonds. The van der Waals surface area contributed by atoms with Gasteiger partial charge in [0.25, 0.3) is 0 Å². The topological polar surface area (TPSA) is 390 Å². The maximum absolute atomic E-state index is 13.6. The van der Waals surface area contributed by atoms with Gasteiger partial charge in [0.05, 0.1) is 26.2 Å². The van der Waals surface area contributed by atoms with E-state index in [9.17, 15) is 85.9 Å². The van der Waals surface area contributed by atoms with Crippen molar-refractivity contribution in [2.45, 2.75) is 86.6 Å². The summed E-state index contributed by atoms with van der Waals surface area (Å²) >= 11 is 0. The van der Waals surface area contributed by atoms with Gasteiger partial charge in [0.2, 0.25) is 6.10 Å². The average molecular weight is 971 g/mol. The highest BCUT2D eigenvalue weighted by Gasteiger charge is 2.51. The Bertz CT molecular complexity index is 2490. The summed E-state index contributed by atoms with van der Waals surface area (Å²) in [7, 11) is 0. The lowest BCUT2D eigenvalue weighted by atomic mass is 9.84. The molecule has 11 atom stereocenters. The molecule has 0 bridgehead atoms. The van der Waals surface area contributed by atoms with Crippen molar-refractivity contribution in [3.05, 3.63) is 101 Å². The number of hydrogen-bond donors (Lipinski definition) is 14. The Morgan fingerprint density at radius 1 is 0.725 bits per heavy atom. The van der Waals surface area contributed by atoms with E-state index in [0.717, 1.165) is 48.5 Å². The number of carbonyl (C=O) groups is 3. The first-order chi connectivity index (χ1) is 32.8. The zero-order valence-corrected chi connectivity index (χ0v) is 36.0. The Balaban J connectivity index is 1.25. The number of aliphatic hydroxyl groups is 5. The summed E-state index contributed by atoms with van der Waals surface area (Å²) in [6.07, 6.45) is -17.0. The zero-order chi connectivity index (χ0) is 50.3. The molecule has 0 spiro atoms. The number of phenols is 8. The molecule has 0 saturated carbocycles. The summed E-state index contributed by atoms with van der Waals surface area (Å²) in [5.74, 6) is -9.46. The van der Waals surface area contributed by atoms with Gasteiger partial charge in [0.1, 0.15) is 36.6 Å². The second-order valence-electron chi connectivity index (χ2n) is 16.0. The molecule has 2 aliphatic rings. The van der Waals surface area contributed by atoms with Crippen LogP contribution in [0.25, 0.3) is 6.08 Å². The lowest BCUT2D eigenvalue weighted by molar-refractivity contribution is -0.349. The maximum Gasteiger partial charge on any atom is 0.345 e. The first-order valence-electron chi connectivity index (χ1n) is 21.0. The number of carboxylic acid groups (broad SMARTS) is 1. The SMILES string of the molecule is O=C(/C=C/c1ccc(O)c(O)c1)O[C@H]1[C@H](O[C@@H]2OC[C@@H](O)[C@H](O)[C@H]2O)[C@@H](O)[C@H](OCCc2c([C@@H](CC(=O)OC(Cc3ccc(O)c(O)c3)C(=O)O)c3ccc(O)c(O)c3)ccc(O)c2O)O[C@@H]1CO. The predicted molar refractivity (Wildman–Crippen MR) is 230 cm³/mol. The average Bonchev–Trinajstić information content (AvgIpc) is 3.31. The molecule has 4 aromatic rings. The number of aliphatic hydroxyl groups excluding tert-OH is 5. The molecule has 6 rings (SSSR count). The molecule has 0 aliphatic carbocycles. The van der Waals surface area contributed by atoms with Crippen molar-refractivity contribution in [2.75, 3.05) is 19.8 Å². The summed E-state index contributed by atoms with van der Waals surface area (Å²) in [5, 5.41) is 144. The minimum absolute atomic E-state index is 0.0811. The Labute approximate surface area is 390 Å². The molecule has 2 aliphatic heterocycles. The van der Waals surface area contributed by atoms with Crippen molar-refractivity contribution in [3.63, 3.8) is 0 Å². The molecule has 372 valence electrons. The molecule has 4 aromatic carbocycles. The van der Waals surface area contributed by atoms with Crippen LogP contribution in [0.5, 0.6) is 46.0 Å². The summed E-state index contributed by atoms with van der Waals surface area (Å²) in [4.78, 5) is 38.9. The predicted octanol–water partition coefficient (Wildman–Crippen LogP) is 0.179. The minimum atomic E-state index is -1.98. The third-order valence-corrected chi connectivity index (χ3v) is 11.3. The van der Waals surface area contributed by atoms with Crippen LogP contribution in [0.3, 0.4) is 0 Å². The molecule has 2 saturated heterocycles. The van der Waals surface area contributed by atoms with E-state index in [4.69, 9.17) is 28.4 Å². The molecule has 69 heavy (non-hydrogen) atoms. The molecular weight excluding hydrogens is 920 g/mol. The van der Waals surface area contributed by atoms with E-state index in [0.29, 0.717) is 0 Å². The van der Waals surface area contributed by atoms with E-state index in [1.54, 1.807) is 0 Å². The fourth-order valence-electron chi connectivity index (χ4n) is 7.65. The second-order valence-corrected chi connectivity index (χ2v) is 16.0. The highest BCUT2D eigenvalue weighted by atomic mass is 16.7. The summed E-state index contributed by atoms with van der Waals surface area (Å²) in [6, 6.07) is 13.0. The van der Waals surface area contributed by atoms with Crippen LogP contribution in [-0.2, 0) is 55.6 Å². The molecule has 23 heteroatoms. The van der Waals surface area contributed by atoms with Crippen LogP contribution in [-0.4, -0.2) is 171 Å². The van der Waals surface area contributed by atoms with E-state index in [1.165, 1.54) is 30.3 Å². The van der Waals surface area contributed by atoms with E-state index < -0.39 is 164 Å². The summed E-state index contributed by atoms with van der Waals surface area (Å²) in [5.41, 5.74) is 0.542. The van der Waals surface area contributed by atoms with Crippen molar-refractivity contribution in [3.8, 4) is 46.0 Å². The second kappa shape index (κ2) is 22.5. The number of rotatable bonds is 18. The smallest absolute Gasteiger partial charge is 0.345 e. The summed E-state index contributed by atoms with van der Waals surface area (Å²) in [6.45, 7) is -1.97. The molecule has 2 heterocycles. The van der Waals surface area contributed by atoms with Gasteiger partial charge in [-0.25, -0.2) is 9.59 Å². The number of carboxylic acids is 1. The van der Waals surface area contributed by atoms with Gasteiger partial charge >= 0.3 is 17.9 Å². The Morgan fingerprint density at radius 2 is 1.38 bits per heavy atom. The third-order valence-electron chi connectivity index (χ3n) is 11.3. The largest absolute Gasteiger partial charge is 0.504 e. The van der Waals surface area contributed by atoms with E-state index in [-0.39, 0.29) is 34.2 Å². The van der Waals surface area contributed by atoms with Crippen LogP contribution in [0.15, 0.2) is 72.8 Å². The molecular formula is C46H50O23. The van der Waals surface area contributed by atoms with Gasteiger partial charge in [-0.05, 0) is 77.2 Å². The van der Waals surface area contributed by atoms with Gasteiger partial charge in [-0.2, -0.15) is 0 Å². The van der Waals surface area contributed by atoms with Crippen molar-refractivity contribution >= 4 is 24.0 Å². The minimum Gasteiger partial charge on any atom is -0.504 e. The molecule has 14 N–H and O–H groups in total. The van der Waals surface area contributed by atoms with Crippen LogP contribution in [0.1, 0.15) is 40.2 Å². The fourth-order valence-corrected chi connectivity index (χ4v) is 7.65. The van der Waals surface area contributed by atoms with Crippen LogP contribution in [0.2, 0.25) is 0 Å². The van der Waals surface area contributed by atoms with Crippen LogP contribution < -0.4 is 0 Å². The zero-order valence-electron chi connectivity index (χ0n) is 36.0. The van der Waals surface area contributed by atoms with E-state index in [1.807, 2.05) is 0 Å². The van der Waals surface area contributed by atoms with Crippen LogP contribution in [0.4, 0.5) is 0 Å². The van der Waals surface area contributed by atoms with Gasteiger partial charge in [0.15, 0.2) is 64.7 Å². The van der Waals surface area contributed by atoms with Gasteiger partial charge in [-0.15, -0.1) is 0 Å². The number of ether oxygens (including phenoxy) is 6. The summed E-state index contributed by atoms with van der Waals surface area (Å²) < 4.78 is 33.8. The van der Waals surface area contributed by atoms with E-state index in [2.05, 4.69) is 0 Å². The number of benzene rings is 4. The number of aliphatic carboxylic acids is 1. The standard InChI is InChI=1S/C46H50O23/c47-18-35-42(68-36(56)10-3-20-1-6-26(48)30(52)13-20)43(69-45-40(60)39(59)33(55)19-65-45)41(61)46(67-35)64-12-11-24-23(5-9-29(51)38(24)58)25(22-4-8-28(50)32(54)16-22)17-37(57)66-34(44(62)63)15-21-2-7-27(49)31(53)14-21/h1-10,13-14,16,25,33-35,39-43,45-55,58-61H,11-12,15,17-19H2,(H,62,63)/b10-3+/t25-,33+,34?,35+,39-,40+,41+,42+,43+,45-,46+/m0/s1. The number of phenolic OH excluding ortho intramolecular Hbond substituents is 8. The quantitative estimate of drug-likeness (QED) is 0.0359. The molecule has 1 unspecified atom stereocenters. The van der Waals surface area contributed by atoms with Gasteiger partial charge in [0, 0.05) is 24.0 Å². The Kier molecular flexibility index (Phi) is 16.7. The van der Waals surface area contributed by atoms with E-state index >= 15 is 0 Å². The fraction of sp³-hybridized carbons (Fsp3) is 0.370. The number of esters is 2. The number of aromatic hydroxyl groups is 8. The third kappa shape index (κ3) is 12.4. The number of carbonyl (C=O) groups excluding carboxylic acids is 2. The van der Waals surface area contributed by atoms with Gasteiger partial charge in [-0.1, -0.05) is 24.3 Å². The van der Waals surface area contributed by atoms with Crippen molar-refractivity contribution < 1.29 is 114 Å².